The number of anilines is 3. The van der Waals surface area contributed by atoms with Crippen LogP contribution in [0.5, 0.6) is 0 Å². The normalized spacial score (nSPS) is 14.8. The highest BCUT2D eigenvalue weighted by Crippen LogP contribution is 2.38. The molecule has 1 fully saturated rings. The van der Waals surface area contributed by atoms with Crippen LogP contribution in [0.3, 0.4) is 0 Å². The number of carbonyl (C=O) groups is 1. The summed E-state index contributed by atoms with van der Waals surface area (Å²) in [4.78, 5) is 19.0. The van der Waals surface area contributed by atoms with Gasteiger partial charge in [0.1, 0.15) is 17.7 Å². The van der Waals surface area contributed by atoms with E-state index in [2.05, 4.69) is 25.6 Å². The summed E-state index contributed by atoms with van der Waals surface area (Å²) < 4.78 is 60.1. The number of amides is 2. The molecule has 42 heavy (non-hydrogen) atoms. The quantitative estimate of drug-likeness (QED) is 0.215. The largest absolute Gasteiger partial charge is 0.416 e. The summed E-state index contributed by atoms with van der Waals surface area (Å²) in [7, 11) is 1.69. The highest BCUT2D eigenvalue weighted by Gasteiger charge is 2.31. The maximum atomic E-state index is 14.1. The van der Waals surface area contributed by atoms with Gasteiger partial charge in [-0.2, -0.15) is 18.3 Å². The molecule has 9 nitrogen and oxygen atoms in total. The van der Waals surface area contributed by atoms with Crippen molar-refractivity contribution in [2.24, 2.45) is 0 Å². The van der Waals surface area contributed by atoms with Crippen LogP contribution >= 0.6 is 11.6 Å². The van der Waals surface area contributed by atoms with Gasteiger partial charge in [-0.15, -0.1) is 0 Å². The molecule has 0 aliphatic carbocycles. The van der Waals surface area contributed by atoms with Crippen LogP contribution in [0.15, 0.2) is 48.8 Å². The van der Waals surface area contributed by atoms with Gasteiger partial charge >= 0.3 is 12.2 Å². The minimum absolute atomic E-state index is 0.148. The zero-order chi connectivity index (χ0) is 30.0. The van der Waals surface area contributed by atoms with Crippen LogP contribution in [0, 0.1) is 5.82 Å². The van der Waals surface area contributed by atoms with E-state index in [1.807, 2.05) is 10.6 Å². The van der Waals surface area contributed by atoms with Crippen LogP contribution in [-0.4, -0.2) is 58.9 Å². The van der Waals surface area contributed by atoms with Crippen molar-refractivity contribution in [2.45, 2.75) is 24.9 Å². The van der Waals surface area contributed by atoms with Gasteiger partial charge in [-0.3, -0.25) is 0 Å². The lowest BCUT2D eigenvalue weighted by atomic mass is 9.93. The molecule has 2 aromatic heterocycles. The number of carbonyl (C=O) groups excluding carboxylic acids is 1. The predicted molar refractivity (Wildman–Crippen MR) is 152 cm³/mol. The molecule has 1 saturated heterocycles. The van der Waals surface area contributed by atoms with Gasteiger partial charge in [-0.25, -0.2) is 18.7 Å². The van der Waals surface area contributed by atoms with Crippen molar-refractivity contribution in [3.63, 3.8) is 0 Å². The SMILES string of the molecule is COCCN1CCC(c2cc(-c3ccc(NC(=O)Nc4cc(C(F)(F)F)ccc4F)c(Cl)c3)c3c(N)ncnn23)CC1. The number of nitrogens with zero attached hydrogens (tertiary/aromatic N) is 4. The number of ether oxygens (including phenoxy) is 1. The Bertz CT molecular complexity index is 1600. The minimum Gasteiger partial charge on any atom is -0.383 e. The molecule has 222 valence electrons. The number of nitrogens with two attached hydrogens (primary N) is 1. The van der Waals surface area contributed by atoms with E-state index < -0.39 is 29.3 Å². The van der Waals surface area contributed by atoms with Crippen LogP contribution in [-0.2, 0) is 10.9 Å². The Morgan fingerprint density at radius 2 is 1.86 bits per heavy atom. The number of likely N-dealkylation sites (tertiary alicyclic amines) is 1. The first-order valence-electron chi connectivity index (χ1n) is 13.1. The third kappa shape index (κ3) is 6.27. The standard InChI is InChI=1S/C28H28ClF4N7O2/c1-42-11-10-39-8-6-16(7-9-39)24-14-19(25-26(34)35-15-36-40(24)25)17-2-5-22(20(29)12-17)37-27(41)38-23-13-18(28(31,32)33)3-4-21(23)30/h2-5,12-16H,6-11H2,1H3,(H2,34,35,36)(H2,37,38,41). The maximum Gasteiger partial charge on any atom is 0.416 e. The Morgan fingerprint density at radius 1 is 1.12 bits per heavy atom. The average molecular weight is 606 g/mol. The molecule has 2 amide bonds. The molecule has 5 rings (SSSR count). The van der Waals surface area contributed by atoms with Crippen LogP contribution < -0.4 is 16.4 Å². The predicted octanol–water partition coefficient (Wildman–Crippen LogP) is 6.26. The zero-order valence-corrected chi connectivity index (χ0v) is 23.3. The molecule has 0 bridgehead atoms. The average Bonchev–Trinajstić information content (AvgIpc) is 3.35. The molecule has 4 N–H and O–H groups in total. The molecule has 0 unspecified atom stereocenters. The fraction of sp³-hybridized carbons (Fsp3) is 0.321. The Labute approximate surface area is 243 Å². The number of benzene rings is 2. The van der Waals surface area contributed by atoms with Crippen molar-refractivity contribution in [1.82, 2.24) is 19.5 Å². The van der Waals surface area contributed by atoms with E-state index in [-0.39, 0.29) is 16.6 Å². The van der Waals surface area contributed by atoms with Gasteiger partial charge in [0.05, 0.1) is 28.6 Å². The number of piperidine rings is 1. The number of alkyl halides is 3. The van der Waals surface area contributed by atoms with Gasteiger partial charge < -0.3 is 26.0 Å². The van der Waals surface area contributed by atoms with Crippen molar-refractivity contribution in [3.8, 4) is 11.1 Å². The van der Waals surface area contributed by atoms with E-state index in [1.54, 1.807) is 19.2 Å². The third-order valence-corrected chi connectivity index (χ3v) is 7.61. The topological polar surface area (TPSA) is 110 Å². The summed E-state index contributed by atoms with van der Waals surface area (Å²) in [6.45, 7) is 3.41. The van der Waals surface area contributed by atoms with Crippen molar-refractivity contribution in [1.29, 1.82) is 0 Å². The van der Waals surface area contributed by atoms with Gasteiger partial charge in [0.15, 0.2) is 5.82 Å². The second-order valence-electron chi connectivity index (χ2n) is 9.96. The van der Waals surface area contributed by atoms with E-state index in [9.17, 15) is 22.4 Å². The third-order valence-electron chi connectivity index (χ3n) is 7.30. The van der Waals surface area contributed by atoms with Crippen LogP contribution in [0.1, 0.15) is 30.0 Å². The number of urea groups is 1. The van der Waals surface area contributed by atoms with E-state index in [1.165, 1.54) is 12.4 Å². The van der Waals surface area contributed by atoms with E-state index in [4.69, 9.17) is 22.1 Å². The van der Waals surface area contributed by atoms with Crippen molar-refractivity contribution in [3.05, 3.63) is 70.9 Å². The number of methoxy groups -OCH3 is 1. The number of aromatic nitrogens is 3. The van der Waals surface area contributed by atoms with Crippen LogP contribution in [0.2, 0.25) is 5.02 Å². The lowest BCUT2D eigenvalue weighted by molar-refractivity contribution is -0.137. The summed E-state index contributed by atoms with van der Waals surface area (Å²) >= 11 is 6.50. The van der Waals surface area contributed by atoms with Crippen LogP contribution in [0.25, 0.3) is 16.6 Å². The van der Waals surface area contributed by atoms with Gasteiger partial charge in [-0.05, 0) is 67.9 Å². The molecule has 0 atom stereocenters. The fourth-order valence-electron chi connectivity index (χ4n) is 5.13. The molecular weight excluding hydrogens is 578 g/mol. The van der Waals surface area contributed by atoms with E-state index in [0.717, 1.165) is 43.7 Å². The number of hydrogen-bond donors (Lipinski definition) is 3. The molecular formula is C28H28ClF4N7O2. The molecule has 1 aliphatic heterocycles. The zero-order valence-electron chi connectivity index (χ0n) is 22.5. The number of hydrogen-bond acceptors (Lipinski definition) is 6. The number of rotatable bonds is 7. The molecule has 14 heteroatoms. The first kappa shape index (κ1) is 29.5. The lowest BCUT2D eigenvalue weighted by Gasteiger charge is -2.31. The summed E-state index contributed by atoms with van der Waals surface area (Å²) in [5.41, 5.74) is 7.81. The molecule has 2 aromatic carbocycles. The molecule has 0 saturated carbocycles. The highest BCUT2D eigenvalue weighted by molar-refractivity contribution is 6.34. The first-order chi connectivity index (χ1) is 20.0. The van der Waals surface area contributed by atoms with Gasteiger partial charge in [0, 0.05) is 30.8 Å². The van der Waals surface area contributed by atoms with E-state index >= 15 is 0 Å². The summed E-state index contributed by atoms with van der Waals surface area (Å²) in [5, 5.41) is 9.17. The fourth-order valence-corrected chi connectivity index (χ4v) is 5.36. The number of halogens is 5. The maximum absolute atomic E-state index is 14.1. The Hall–Kier alpha value is -3.94. The smallest absolute Gasteiger partial charge is 0.383 e. The molecule has 0 radical (unpaired) electrons. The second-order valence-corrected chi connectivity index (χ2v) is 10.4. The summed E-state index contributed by atoms with van der Waals surface area (Å²) in [5.74, 6) is -0.475. The van der Waals surface area contributed by atoms with Crippen molar-refractivity contribution < 1.29 is 27.1 Å². The number of nitrogens with one attached hydrogen (secondary N) is 2. The van der Waals surface area contributed by atoms with Crippen LogP contribution in [0.4, 0.5) is 39.5 Å². The highest BCUT2D eigenvalue weighted by atomic mass is 35.5. The Morgan fingerprint density at radius 3 is 2.55 bits per heavy atom. The van der Waals surface area contributed by atoms with Gasteiger partial charge in [0.25, 0.3) is 0 Å². The number of fused-ring (bicyclic) bond motifs is 1. The van der Waals surface area contributed by atoms with Crippen molar-refractivity contribution in [2.75, 3.05) is 49.7 Å². The Kier molecular flexibility index (Phi) is 8.53. The van der Waals surface area contributed by atoms with E-state index in [0.29, 0.717) is 41.7 Å². The minimum atomic E-state index is -4.70. The first-order valence-corrected chi connectivity index (χ1v) is 13.5. The van der Waals surface area contributed by atoms with Gasteiger partial charge in [0.2, 0.25) is 0 Å². The Balaban J connectivity index is 1.37. The second kappa shape index (κ2) is 12.1. The molecule has 1 aliphatic rings. The molecule has 0 spiro atoms. The lowest BCUT2D eigenvalue weighted by Crippen LogP contribution is -2.35. The molecule has 3 heterocycles. The van der Waals surface area contributed by atoms with Crippen molar-refractivity contribution >= 4 is 40.3 Å². The summed E-state index contributed by atoms with van der Waals surface area (Å²) in [6, 6.07) is 7.69. The molecule has 4 aromatic rings. The monoisotopic (exact) mass is 605 g/mol. The number of nitrogen functional groups attached to an aromatic ring is 1. The van der Waals surface area contributed by atoms with Gasteiger partial charge in [-0.1, -0.05) is 17.7 Å². The summed E-state index contributed by atoms with van der Waals surface area (Å²) in [6.07, 6.45) is -1.41.